The summed E-state index contributed by atoms with van der Waals surface area (Å²) in [6.45, 7) is 5.61. The van der Waals surface area contributed by atoms with Crippen molar-refractivity contribution in [1.29, 1.82) is 0 Å². The van der Waals surface area contributed by atoms with Gasteiger partial charge in [-0.25, -0.2) is 0 Å². The lowest BCUT2D eigenvalue weighted by Gasteiger charge is -2.12. The number of hydrogen-bond acceptors (Lipinski definition) is 4. The van der Waals surface area contributed by atoms with Crippen LogP contribution in [0.15, 0.2) is 22.7 Å². The number of rotatable bonds is 7. The van der Waals surface area contributed by atoms with Crippen LogP contribution in [0.2, 0.25) is 0 Å². The van der Waals surface area contributed by atoms with E-state index in [4.69, 9.17) is 9.15 Å². The van der Waals surface area contributed by atoms with Crippen molar-refractivity contribution in [3.05, 3.63) is 29.7 Å². The predicted octanol–water partition coefficient (Wildman–Crippen LogP) is 2.49. The second-order valence-corrected chi connectivity index (χ2v) is 4.74. The largest absolute Gasteiger partial charge is 0.460 e. The van der Waals surface area contributed by atoms with Gasteiger partial charge in [-0.2, -0.15) is 5.10 Å². The molecular formula is C14H21N3O2. The zero-order valence-corrected chi connectivity index (χ0v) is 11.7. The van der Waals surface area contributed by atoms with Crippen molar-refractivity contribution in [3.63, 3.8) is 0 Å². The Hall–Kier alpha value is -1.59. The van der Waals surface area contributed by atoms with Gasteiger partial charge in [-0.05, 0) is 32.4 Å². The Morgan fingerprint density at radius 2 is 2.32 bits per heavy atom. The van der Waals surface area contributed by atoms with Crippen LogP contribution in [0, 0.1) is 6.92 Å². The smallest absolute Gasteiger partial charge is 0.152 e. The summed E-state index contributed by atoms with van der Waals surface area (Å²) < 4.78 is 10.7. The molecule has 1 unspecified atom stereocenters. The van der Waals surface area contributed by atoms with Gasteiger partial charge in [0.25, 0.3) is 0 Å². The Kier molecular flexibility index (Phi) is 4.76. The first-order valence-electron chi connectivity index (χ1n) is 6.52. The van der Waals surface area contributed by atoms with Crippen LogP contribution in [0.3, 0.4) is 0 Å². The van der Waals surface area contributed by atoms with Gasteiger partial charge in [0.15, 0.2) is 5.76 Å². The second-order valence-electron chi connectivity index (χ2n) is 4.74. The lowest BCUT2D eigenvalue weighted by atomic mass is 10.2. The van der Waals surface area contributed by atoms with Gasteiger partial charge in [-0.1, -0.05) is 0 Å². The Morgan fingerprint density at radius 1 is 1.47 bits per heavy atom. The normalized spacial score (nSPS) is 12.8. The first-order chi connectivity index (χ1) is 9.20. The third-order valence-corrected chi connectivity index (χ3v) is 3.10. The Balaban J connectivity index is 1.96. The first-order valence-corrected chi connectivity index (χ1v) is 6.52. The number of hydrogen-bond donors (Lipinski definition) is 2. The van der Waals surface area contributed by atoms with Crippen molar-refractivity contribution in [2.24, 2.45) is 0 Å². The third-order valence-electron chi connectivity index (χ3n) is 3.10. The minimum absolute atomic E-state index is 0.404. The first kappa shape index (κ1) is 13.8. The van der Waals surface area contributed by atoms with Crippen molar-refractivity contribution in [3.8, 4) is 11.5 Å². The molecule has 0 aliphatic carbocycles. The van der Waals surface area contributed by atoms with Crippen LogP contribution in [-0.4, -0.2) is 30.0 Å². The predicted molar refractivity (Wildman–Crippen MR) is 73.8 cm³/mol. The van der Waals surface area contributed by atoms with Gasteiger partial charge in [0.05, 0.1) is 6.20 Å². The molecule has 0 saturated heterocycles. The summed E-state index contributed by atoms with van der Waals surface area (Å²) in [6, 6.07) is 4.32. The topological polar surface area (TPSA) is 63.1 Å². The van der Waals surface area contributed by atoms with Crippen LogP contribution >= 0.6 is 0 Å². The van der Waals surface area contributed by atoms with E-state index in [0.29, 0.717) is 6.04 Å². The lowest BCUT2D eigenvalue weighted by Crippen LogP contribution is -2.26. The second kappa shape index (κ2) is 6.54. The van der Waals surface area contributed by atoms with Crippen molar-refractivity contribution in [2.45, 2.75) is 32.9 Å². The number of methoxy groups -OCH3 is 1. The van der Waals surface area contributed by atoms with Crippen LogP contribution in [0.4, 0.5) is 0 Å². The highest BCUT2D eigenvalue weighted by molar-refractivity contribution is 5.56. The van der Waals surface area contributed by atoms with Crippen molar-refractivity contribution in [1.82, 2.24) is 15.5 Å². The molecule has 2 rings (SSSR count). The molecule has 5 heteroatoms. The molecule has 2 aromatic rings. The summed E-state index contributed by atoms with van der Waals surface area (Å²) in [5.74, 6) is 1.73. The van der Waals surface area contributed by atoms with E-state index in [-0.39, 0.29) is 0 Å². The maximum absolute atomic E-state index is 5.62. The fourth-order valence-corrected chi connectivity index (χ4v) is 1.91. The van der Waals surface area contributed by atoms with Crippen LogP contribution in [0.25, 0.3) is 11.5 Å². The number of ether oxygens (including phenoxy) is 1. The standard InChI is InChI=1S/C14H21N3O2/c1-10(6-7-18-3)15-8-12-9-16-17-14(12)13-5-4-11(2)19-13/h4-5,9-10,15H,6-8H2,1-3H3,(H,16,17). The highest BCUT2D eigenvalue weighted by Gasteiger charge is 2.11. The molecule has 0 aliphatic rings. The van der Waals surface area contributed by atoms with E-state index in [1.54, 1.807) is 7.11 Å². The van der Waals surface area contributed by atoms with E-state index in [0.717, 1.165) is 42.4 Å². The average Bonchev–Trinajstić information content (AvgIpc) is 3.02. The minimum atomic E-state index is 0.404. The third kappa shape index (κ3) is 3.68. The van der Waals surface area contributed by atoms with E-state index < -0.39 is 0 Å². The van der Waals surface area contributed by atoms with Crippen LogP contribution in [0.1, 0.15) is 24.7 Å². The van der Waals surface area contributed by atoms with Gasteiger partial charge >= 0.3 is 0 Å². The molecule has 2 N–H and O–H groups in total. The summed E-state index contributed by atoms with van der Waals surface area (Å²) in [7, 11) is 1.72. The van der Waals surface area contributed by atoms with Crippen molar-refractivity contribution >= 4 is 0 Å². The van der Waals surface area contributed by atoms with Gasteiger partial charge in [-0.15, -0.1) is 0 Å². The molecule has 104 valence electrons. The monoisotopic (exact) mass is 263 g/mol. The summed E-state index contributed by atoms with van der Waals surface area (Å²) in [5, 5.41) is 10.5. The number of aryl methyl sites for hydroxylation is 1. The number of nitrogens with one attached hydrogen (secondary N) is 2. The maximum atomic E-state index is 5.62. The van der Waals surface area contributed by atoms with Crippen LogP contribution in [0.5, 0.6) is 0 Å². The van der Waals surface area contributed by atoms with Crippen LogP contribution < -0.4 is 5.32 Å². The summed E-state index contributed by atoms with van der Waals surface area (Å²) >= 11 is 0. The molecule has 2 heterocycles. The zero-order valence-electron chi connectivity index (χ0n) is 11.7. The highest BCUT2D eigenvalue weighted by atomic mass is 16.5. The number of furan rings is 1. The van der Waals surface area contributed by atoms with Crippen molar-refractivity contribution in [2.75, 3.05) is 13.7 Å². The molecule has 0 aromatic carbocycles. The van der Waals surface area contributed by atoms with Gasteiger partial charge in [-0.3, -0.25) is 5.10 Å². The number of nitrogens with zero attached hydrogens (tertiary/aromatic N) is 1. The molecule has 1 atom stereocenters. The molecule has 0 aliphatic heterocycles. The quantitative estimate of drug-likeness (QED) is 0.805. The van der Waals surface area contributed by atoms with E-state index in [9.17, 15) is 0 Å². The van der Waals surface area contributed by atoms with E-state index >= 15 is 0 Å². The van der Waals surface area contributed by atoms with Crippen molar-refractivity contribution < 1.29 is 9.15 Å². The zero-order chi connectivity index (χ0) is 13.7. The highest BCUT2D eigenvalue weighted by Crippen LogP contribution is 2.23. The molecule has 0 fully saturated rings. The molecule has 2 aromatic heterocycles. The summed E-state index contributed by atoms with van der Waals surface area (Å²) in [6.07, 6.45) is 2.83. The number of H-pyrrole nitrogens is 1. The van der Waals surface area contributed by atoms with Crippen LogP contribution in [-0.2, 0) is 11.3 Å². The van der Waals surface area contributed by atoms with Gasteiger partial charge < -0.3 is 14.5 Å². The Bertz CT molecular complexity index is 504. The molecule has 0 bridgehead atoms. The van der Waals surface area contributed by atoms with Gasteiger partial charge in [0.2, 0.25) is 0 Å². The molecule has 5 nitrogen and oxygen atoms in total. The fraction of sp³-hybridized carbons (Fsp3) is 0.500. The molecular weight excluding hydrogens is 242 g/mol. The minimum Gasteiger partial charge on any atom is -0.460 e. The molecule has 19 heavy (non-hydrogen) atoms. The van der Waals surface area contributed by atoms with E-state index in [1.807, 2.05) is 25.3 Å². The Morgan fingerprint density at radius 3 is 3.00 bits per heavy atom. The lowest BCUT2D eigenvalue weighted by molar-refractivity contribution is 0.184. The molecule has 0 radical (unpaired) electrons. The SMILES string of the molecule is COCCC(C)NCc1cn[nH]c1-c1ccc(C)o1. The Labute approximate surface area is 113 Å². The average molecular weight is 263 g/mol. The van der Waals surface area contributed by atoms with E-state index in [1.165, 1.54) is 0 Å². The number of aromatic nitrogens is 2. The number of aromatic amines is 1. The molecule has 0 saturated carbocycles. The molecule has 0 amide bonds. The summed E-state index contributed by atoms with van der Waals surface area (Å²) in [4.78, 5) is 0. The van der Waals surface area contributed by atoms with Gasteiger partial charge in [0, 0.05) is 31.9 Å². The maximum Gasteiger partial charge on any atom is 0.152 e. The summed E-state index contributed by atoms with van der Waals surface area (Å²) in [5.41, 5.74) is 2.05. The van der Waals surface area contributed by atoms with E-state index in [2.05, 4.69) is 22.4 Å². The van der Waals surface area contributed by atoms with Gasteiger partial charge in [0.1, 0.15) is 11.5 Å². The molecule has 0 spiro atoms. The fourth-order valence-electron chi connectivity index (χ4n) is 1.91.